The average Bonchev–Trinajstić information content (AvgIpc) is 2.77. The van der Waals surface area contributed by atoms with Gasteiger partial charge in [-0.15, -0.1) is 0 Å². The fourth-order valence-electron chi connectivity index (χ4n) is 3.14. The number of H-pyrrole nitrogens is 1. The molecule has 1 aromatic heterocycles. The molecule has 32 heavy (non-hydrogen) atoms. The van der Waals surface area contributed by atoms with Crippen LogP contribution < -0.4 is 21.9 Å². The smallest absolute Gasteiger partial charge is 0.330 e. The Labute approximate surface area is 183 Å². The van der Waals surface area contributed by atoms with Crippen LogP contribution in [0.3, 0.4) is 0 Å². The fourth-order valence-corrected chi connectivity index (χ4v) is 3.14. The number of nitrogens with zero attached hydrogens (tertiary/aromatic N) is 2. The van der Waals surface area contributed by atoms with E-state index in [9.17, 15) is 18.8 Å². The van der Waals surface area contributed by atoms with Gasteiger partial charge in [0, 0.05) is 13.2 Å². The van der Waals surface area contributed by atoms with E-state index in [2.05, 4.69) is 4.98 Å². The number of aromatic amines is 1. The number of halogens is 1. The average molecular weight is 438 g/mol. The molecule has 8 nitrogen and oxygen atoms in total. The summed E-state index contributed by atoms with van der Waals surface area (Å²) in [6.07, 6.45) is 2.66. The van der Waals surface area contributed by atoms with Gasteiger partial charge in [0.05, 0.1) is 19.7 Å². The zero-order valence-corrected chi connectivity index (χ0v) is 17.5. The third kappa shape index (κ3) is 5.38. The van der Waals surface area contributed by atoms with E-state index >= 15 is 0 Å². The molecule has 0 radical (unpaired) electrons. The molecule has 3 rings (SSSR count). The number of benzene rings is 2. The highest BCUT2D eigenvalue weighted by atomic mass is 19.1. The van der Waals surface area contributed by atoms with Crippen LogP contribution in [0.1, 0.15) is 11.1 Å². The maximum absolute atomic E-state index is 13.5. The topological polar surface area (TPSA) is 110 Å². The minimum absolute atomic E-state index is 0.0307. The number of carbonyl (C=O) groups is 1. The molecule has 0 saturated heterocycles. The zero-order valence-electron chi connectivity index (χ0n) is 17.5. The van der Waals surface area contributed by atoms with Crippen LogP contribution in [-0.4, -0.2) is 29.2 Å². The lowest BCUT2D eigenvalue weighted by molar-refractivity contribution is -0.114. The first kappa shape index (κ1) is 22.7. The molecule has 0 fully saturated rings. The van der Waals surface area contributed by atoms with Crippen LogP contribution in [0.4, 0.5) is 15.9 Å². The molecule has 1 amide bonds. The van der Waals surface area contributed by atoms with E-state index < -0.39 is 23.0 Å². The van der Waals surface area contributed by atoms with Gasteiger partial charge in [-0.3, -0.25) is 24.0 Å². The first-order valence-electron chi connectivity index (χ1n) is 9.81. The molecule has 0 spiro atoms. The number of hydrogen-bond donors (Lipinski definition) is 2. The molecule has 0 atom stereocenters. The highest BCUT2D eigenvalue weighted by Gasteiger charge is 2.23. The summed E-state index contributed by atoms with van der Waals surface area (Å²) in [5.41, 5.74) is 5.75. The summed E-state index contributed by atoms with van der Waals surface area (Å²) in [5, 5.41) is 0. The minimum Gasteiger partial charge on any atom is -0.383 e. The molecule has 0 aliphatic carbocycles. The standard InChI is InChI=1S/C23H23FN4O4/c1-32-13-12-27-21(25)20(22(30)26-23(27)31)28(15-17-6-3-2-4-7-17)19(29)11-10-16-8-5-9-18(24)14-16/h2-11,14H,12-13,15,25H2,1H3,(H,26,30,31). The number of carbonyl (C=O) groups excluding carboxylic acids is 1. The van der Waals surface area contributed by atoms with Crippen molar-refractivity contribution in [3.05, 3.63) is 98.5 Å². The molecule has 3 aromatic rings. The van der Waals surface area contributed by atoms with Crippen LogP contribution in [0.15, 0.2) is 70.3 Å². The Bertz CT molecular complexity index is 1230. The van der Waals surface area contributed by atoms with Crippen molar-refractivity contribution in [2.24, 2.45) is 0 Å². The van der Waals surface area contributed by atoms with E-state index in [1.807, 2.05) is 6.07 Å². The Balaban J connectivity index is 2.06. The van der Waals surface area contributed by atoms with E-state index in [-0.39, 0.29) is 31.2 Å². The molecule has 0 aliphatic heterocycles. The maximum atomic E-state index is 13.5. The lowest BCUT2D eigenvalue weighted by Gasteiger charge is -2.23. The Morgan fingerprint density at radius 2 is 1.94 bits per heavy atom. The lowest BCUT2D eigenvalue weighted by Crippen LogP contribution is -2.40. The number of methoxy groups -OCH3 is 1. The maximum Gasteiger partial charge on any atom is 0.330 e. The second-order valence-electron chi connectivity index (χ2n) is 6.94. The van der Waals surface area contributed by atoms with E-state index in [4.69, 9.17) is 10.5 Å². The van der Waals surface area contributed by atoms with E-state index in [1.54, 1.807) is 30.3 Å². The van der Waals surface area contributed by atoms with Gasteiger partial charge in [0.15, 0.2) is 5.69 Å². The number of nitrogens with two attached hydrogens (primary N) is 1. The molecular formula is C23H23FN4O4. The molecule has 0 aliphatic rings. The molecule has 9 heteroatoms. The molecule has 1 heterocycles. The SMILES string of the molecule is COCCn1c(N)c(N(Cc2ccccc2)C(=O)C=Cc2cccc(F)c2)c(=O)[nH]c1=O. The number of hydrogen-bond acceptors (Lipinski definition) is 5. The van der Waals surface area contributed by atoms with Crippen LogP contribution in [0.25, 0.3) is 6.08 Å². The Kier molecular flexibility index (Phi) is 7.35. The number of amides is 1. The summed E-state index contributed by atoms with van der Waals surface area (Å²) < 4.78 is 19.6. The summed E-state index contributed by atoms with van der Waals surface area (Å²) in [4.78, 5) is 41.5. The Morgan fingerprint density at radius 1 is 1.19 bits per heavy atom. The first-order chi connectivity index (χ1) is 15.4. The van der Waals surface area contributed by atoms with Crippen molar-refractivity contribution in [3.63, 3.8) is 0 Å². The van der Waals surface area contributed by atoms with Gasteiger partial charge in [-0.2, -0.15) is 0 Å². The van der Waals surface area contributed by atoms with Crippen LogP contribution >= 0.6 is 0 Å². The predicted molar refractivity (Wildman–Crippen MR) is 121 cm³/mol. The summed E-state index contributed by atoms with van der Waals surface area (Å²) in [7, 11) is 1.47. The molecular weight excluding hydrogens is 415 g/mol. The van der Waals surface area contributed by atoms with Gasteiger partial charge < -0.3 is 10.5 Å². The Morgan fingerprint density at radius 3 is 2.62 bits per heavy atom. The molecule has 2 aromatic carbocycles. The molecule has 0 saturated carbocycles. The van der Waals surface area contributed by atoms with Crippen molar-refractivity contribution < 1.29 is 13.9 Å². The van der Waals surface area contributed by atoms with Gasteiger partial charge in [-0.1, -0.05) is 42.5 Å². The van der Waals surface area contributed by atoms with Crippen molar-refractivity contribution in [2.45, 2.75) is 13.1 Å². The monoisotopic (exact) mass is 438 g/mol. The van der Waals surface area contributed by atoms with E-state index in [0.29, 0.717) is 5.56 Å². The van der Waals surface area contributed by atoms with Gasteiger partial charge in [-0.05, 0) is 29.3 Å². The molecule has 0 bridgehead atoms. The van der Waals surface area contributed by atoms with Gasteiger partial charge in [-0.25, -0.2) is 9.18 Å². The minimum atomic E-state index is -0.787. The highest BCUT2D eigenvalue weighted by molar-refractivity contribution is 6.05. The number of nitrogens with one attached hydrogen (secondary N) is 1. The largest absolute Gasteiger partial charge is 0.383 e. The summed E-state index contributed by atoms with van der Waals surface area (Å²) in [5.74, 6) is -1.15. The van der Waals surface area contributed by atoms with Crippen molar-refractivity contribution in [1.29, 1.82) is 0 Å². The van der Waals surface area contributed by atoms with Gasteiger partial charge in [0.25, 0.3) is 11.5 Å². The van der Waals surface area contributed by atoms with Crippen molar-refractivity contribution in [2.75, 3.05) is 24.4 Å². The zero-order chi connectivity index (χ0) is 23.1. The third-order valence-corrected chi connectivity index (χ3v) is 4.72. The highest BCUT2D eigenvalue weighted by Crippen LogP contribution is 2.20. The van der Waals surface area contributed by atoms with Crippen molar-refractivity contribution >= 4 is 23.5 Å². The molecule has 3 N–H and O–H groups in total. The number of nitrogen functional groups attached to an aromatic ring is 1. The number of ether oxygens (including phenoxy) is 1. The normalized spacial score (nSPS) is 11.1. The number of anilines is 2. The molecule has 0 unspecified atom stereocenters. The summed E-state index contributed by atoms with van der Waals surface area (Å²) in [6, 6.07) is 14.7. The van der Waals surface area contributed by atoms with Gasteiger partial charge in [0.1, 0.15) is 11.6 Å². The second kappa shape index (κ2) is 10.4. The number of rotatable bonds is 8. The third-order valence-electron chi connectivity index (χ3n) is 4.72. The quantitative estimate of drug-likeness (QED) is 0.524. The Hall–Kier alpha value is -3.98. The van der Waals surface area contributed by atoms with E-state index in [1.165, 1.54) is 42.4 Å². The van der Waals surface area contributed by atoms with Crippen molar-refractivity contribution in [3.8, 4) is 0 Å². The summed E-state index contributed by atoms with van der Waals surface area (Å²) >= 11 is 0. The van der Waals surface area contributed by atoms with Crippen LogP contribution in [0.2, 0.25) is 0 Å². The second-order valence-corrected chi connectivity index (χ2v) is 6.94. The van der Waals surface area contributed by atoms with Crippen LogP contribution in [0, 0.1) is 5.82 Å². The van der Waals surface area contributed by atoms with Crippen LogP contribution in [0.5, 0.6) is 0 Å². The number of aromatic nitrogens is 2. The molecule has 166 valence electrons. The van der Waals surface area contributed by atoms with Crippen molar-refractivity contribution in [1.82, 2.24) is 9.55 Å². The van der Waals surface area contributed by atoms with E-state index in [0.717, 1.165) is 10.1 Å². The predicted octanol–water partition coefficient (Wildman–Crippen LogP) is 2.15. The van der Waals surface area contributed by atoms with Gasteiger partial charge >= 0.3 is 5.69 Å². The first-order valence-corrected chi connectivity index (χ1v) is 9.81. The summed E-state index contributed by atoms with van der Waals surface area (Å²) in [6.45, 7) is 0.308. The fraction of sp³-hybridized carbons (Fsp3) is 0.174. The van der Waals surface area contributed by atoms with Gasteiger partial charge in [0.2, 0.25) is 0 Å². The van der Waals surface area contributed by atoms with Crippen LogP contribution in [-0.2, 0) is 22.6 Å². The lowest BCUT2D eigenvalue weighted by atomic mass is 10.1.